The fourth-order valence-corrected chi connectivity index (χ4v) is 9.46. The molecule has 2 aromatic rings. The molecule has 376 valence electrons. The molecule has 5 rings (SSSR count). The molecule has 1 aromatic heterocycles. The van der Waals surface area contributed by atoms with Gasteiger partial charge in [0.15, 0.2) is 18.4 Å². The molecule has 2 fully saturated rings. The van der Waals surface area contributed by atoms with Gasteiger partial charge in [-0.05, 0) is 78.3 Å². The van der Waals surface area contributed by atoms with Crippen LogP contribution in [0.15, 0.2) is 54.3 Å². The molecular formula is C49H77N5O13. The first-order chi connectivity index (χ1) is 31.8. The van der Waals surface area contributed by atoms with E-state index >= 15 is 0 Å². The lowest BCUT2D eigenvalue weighted by atomic mass is 9.79. The number of anilines is 1. The van der Waals surface area contributed by atoms with Crippen LogP contribution in [0.4, 0.5) is 5.69 Å². The Hall–Kier alpha value is -3.66. The summed E-state index contributed by atoms with van der Waals surface area (Å²) in [6, 6.07) is 7.26. The van der Waals surface area contributed by atoms with Gasteiger partial charge in [0.2, 0.25) is 0 Å². The number of carbonyl (C=O) groups excluding carboxylic acids is 2. The number of rotatable bonds is 14. The van der Waals surface area contributed by atoms with Crippen LogP contribution in [0.25, 0.3) is 11.3 Å². The smallest absolute Gasteiger partial charge is 0.308 e. The second-order valence-electron chi connectivity index (χ2n) is 19.1. The van der Waals surface area contributed by atoms with Gasteiger partial charge in [0, 0.05) is 63.9 Å². The van der Waals surface area contributed by atoms with Gasteiger partial charge in [-0.2, -0.15) is 0 Å². The normalized spacial score (nSPS) is 37.4. The monoisotopic (exact) mass is 944 g/mol. The Morgan fingerprint density at radius 3 is 2.13 bits per heavy atom. The Morgan fingerprint density at radius 1 is 0.851 bits per heavy atom. The van der Waals surface area contributed by atoms with Crippen molar-refractivity contribution < 1.29 is 63.2 Å². The average Bonchev–Trinajstić information content (AvgIpc) is 3.77. The molecular weight excluding hydrogens is 867 g/mol. The number of likely N-dealkylation sites (N-methyl/N-ethyl adjacent to an activating group) is 1. The van der Waals surface area contributed by atoms with Crippen molar-refractivity contribution in [2.75, 3.05) is 53.9 Å². The van der Waals surface area contributed by atoms with E-state index in [4.69, 9.17) is 33.2 Å². The molecule has 3 aliphatic rings. The van der Waals surface area contributed by atoms with E-state index in [9.17, 15) is 30.0 Å². The number of benzene rings is 1. The van der Waals surface area contributed by atoms with Gasteiger partial charge in [-0.1, -0.05) is 55.8 Å². The molecule has 0 bridgehead atoms. The summed E-state index contributed by atoms with van der Waals surface area (Å²) in [6.45, 7) is 11.1. The van der Waals surface area contributed by atoms with Crippen molar-refractivity contribution in [1.82, 2.24) is 19.9 Å². The van der Waals surface area contributed by atoms with Crippen molar-refractivity contribution in [2.24, 2.45) is 23.7 Å². The predicted octanol–water partition coefficient (Wildman–Crippen LogP) is 3.39. The molecule has 0 radical (unpaired) electrons. The van der Waals surface area contributed by atoms with Crippen molar-refractivity contribution in [2.45, 2.75) is 153 Å². The standard InChI is InChI=1S/C49H77N5O13/c1-13-39-34(26-63-49-47(62-12)46(61-11)43(59)31(6)65-49)22-27(2)14-19-37(55)28(3)23-33(20-21-54-25-36(50-51-54)32-15-17-35(18-16-32)52(7)8)45(29(4)38(56)24-40(57)66-39)67-48-44(60)41(53(9)10)42(58)30(5)64-48/h14-19,22,25,28-31,33-34,38-39,41-49,56,58-60H,13,20-21,23-24,26H2,1-12H3/b19-14+,27-22+/t28-,29+,30-,31?,33+,34-,38-,39-,41?,42-,43-,44?,45-,46+,47?,48+,49-/m1/s1. The van der Waals surface area contributed by atoms with Crippen LogP contribution in [0.5, 0.6) is 0 Å². The minimum atomic E-state index is -1.29. The summed E-state index contributed by atoms with van der Waals surface area (Å²) < 4.78 is 44.3. The molecule has 0 spiro atoms. The van der Waals surface area contributed by atoms with Crippen molar-refractivity contribution in [3.05, 3.63) is 54.3 Å². The Balaban J connectivity index is 1.47. The predicted molar refractivity (Wildman–Crippen MR) is 250 cm³/mol. The van der Waals surface area contributed by atoms with Crippen molar-refractivity contribution in [3.8, 4) is 11.3 Å². The number of carbonyl (C=O) groups is 2. The second-order valence-corrected chi connectivity index (χ2v) is 19.1. The zero-order valence-corrected chi connectivity index (χ0v) is 41.4. The van der Waals surface area contributed by atoms with E-state index in [0.717, 1.165) is 16.8 Å². The van der Waals surface area contributed by atoms with E-state index in [1.807, 2.05) is 76.3 Å². The van der Waals surface area contributed by atoms with E-state index in [1.54, 1.807) is 56.6 Å². The molecule has 17 atom stereocenters. The van der Waals surface area contributed by atoms with Gasteiger partial charge in [-0.3, -0.25) is 14.3 Å². The maximum absolute atomic E-state index is 14.1. The molecule has 4 heterocycles. The zero-order valence-electron chi connectivity index (χ0n) is 41.4. The van der Waals surface area contributed by atoms with Crippen LogP contribution < -0.4 is 4.90 Å². The van der Waals surface area contributed by atoms with Crippen LogP contribution in [-0.4, -0.2) is 181 Å². The number of nitrogens with zero attached hydrogens (tertiary/aromatic N) is 5. The van der Waals surface area contributed by atoms with Crippen LogP contribution in [0.2, 0.25) is 0 Å². The van der Waals surface area contributed by atoms with E-state index in [-0.39, 0.29) is 18.8 Å². The number of aromatic nitrogens is 3. The second kappa shape index (κ2) is 24.8. The molecule has 4 N–H and O–H groups in total. The molecule has 0 saturated carbocycles. The van der Waals surface area contributed by atoms with Crippen LogP contribution in [0, 0.1) is 23.7 Å². The van der Waals surface area contributed by atoms with E-state index < -0.39 is 109 Å². The molecule has 18 nitrogen and oxygen atoms in total. The maximum atomic E-state index is 14.1. The van der Waals surface area contributed by atoms with Crippen molar-refractivity contribution in [1.29, 1.82) is 0 Å². The summed E-state index contributed by atoms with van der Waals surface area (Å²) in [7, 11) is 10.4. The van der Waals surface area contributed by atoms with Crippen molar-refractivity contribution >= 4 is 17.4 Å². The third kappa shape index (κ3) is 13.8. The highest BCUT2D eigenvalue weighted by atomic mass is 16.7. The fourth-order valence-electron chi connectivity index (χ4n) is 9.46. The molecule has 3 aliphatic heterocycles. The van der Waals surface area contributed by atoms with Crippen LogP contribution in [0.3, 0.4) is 0 Å². The van der Waals surface area contributed by atoms with E-state index in [2.05, 4.69) is 10.3 Å². The Kier molecular flexibility index (Phi) is 20.1. The summed E-state index contributed by atoms with van der Waals surface area (Å²) in [5.41, 5.74) is 3.36. The summed E-state index contributed by atoms with van der Waals surface area (Å²) in [4.78, 5) is 31.7. The Labute approximate surface area is 396 Å². The first-order valence-electron chi connectivity index (χ1n) is 23.6. The van der Waals surface area contributed by atoms with Gasteiger partial charge < -0.3 is 63.4 Å². The third-order valence-corrected chi connectivity index (χ3v) is 13.7. The molecule has 1 aromatic carbocycles. The van der Waals surface area contributed by atoms with Gasteiger partial charge in [0.1, 0.15) is 36.2 Å². The summed E-state index contributed by atoms with van der Waals surface area (Å²) in [5, 5.41) is 54.3. The summed E-state index contributed by atoms with van der Waals surface area (Å²) in [6.07, 6.45) is -3.38. The lowest BCUT2D eigenvalue weighted by molar-refractivity contribution is -0.304. The number of aryl methyl sites for hydroxylation is 1. The number of methoxy groups -OCH3 is 2. The molecule has 67 heavy (non-hydrogen) atoms. The number of aliphatic hydroxyl groups is 4. The van der Waals surface area contributed by atoms with E-state index in [1.165, 1.54) is 14.2 Å². The third-order valence-electron chi connectivity index (χ3n) is 13.7. The highest BCUT2D eigenvalue weighted by Crippen LogP contribution is 2.36. The van der Waals surface area contributed by atoms with Crippen molar-refractivity contribution in [3.63, 3.8) is 0 Å². The number of hydrogen-bond donors (Lipinski definition) is 4. The summed E-state index contributed by atoms with van der Waals surface area (Å²) in [5.74, 6) is -3.05. The minimum Gasteiger partial charge on any atom is -0.462 e. The molecule has 0 amide bonds. The first-order valence-corrected chi connectivity index (χ1v) is 23.6. The molecule has 2 saturated heterocycles. The number of ether oxygens (including phenoxy) is 7. The number of hydrogen-bond acceptors (Lipinski definition) is 17. The topological polar surface area (TPSA) is 217 Å². The largest absolute Gasteiger partial charge is 0.462 e. The van der Waals surface area contributed by atoms with Crippen LogP contribution in [-0.2, 0) is 49.3 Å². The van der Waals surface area contributed by atoms with Gasteiger partial charge >= 0.3 is 5.97 Å². The van der Waals surface area contributed by atoms with E-state index in [0.29, 0.717) is 31.5 Å². The lowest BCUT2D eigenvalue weighted by Gasteiger charge is -2.46. The molecule has 0 aliphatic carbocycles. The zero-order chi connectivity index (χ0) is 49.3. The quantitative estimate of drug-likeness (QED) is 0.200. The number of cyclic esters (lactones) is 1. The maximum Gasteiger partial charge on any atom is 0.308 e. The molecule has 4 unspecified atom stereocenters. The number of allylic oxidation sites excluding steroid dienone is 3. The van der Waals surface area contributed by atoms with Crippen LogP contribution in [0.1, 0.15) is 67.2 Å². The summed E-state index contributed by atoms with van der Waals surface area (Å²) >= 11 is 0. The van der Waals surface area contributed by atoms with Crippen LogP contribution >= 0.6 is 0 Å². The minimum absolute atomic E-state index is 0.0163. The number of ketones is 1. The first kappa shape index (κ1) is 54.3. The average molecular weight is 944 g/mol. The van der Waals surface area contributed by atoms with Gasteiger partial charge in [-0.15, -0.1) is 5.10 Å². The fraction of sp³-hybridized carbons (Fsp3) is 0.714. The lowest BCUT2D eigenvalue weighted by Crippen LogP contribution is -2.63. The highest BCUT2D eigenvalue weighted by Gasteiger charge is 2.48. The number of aliphatic hydroxyl groups excluding tert-OH is 4. The van der Waals surface area contributed by atoms with Gasteiger partial charge in [0.25, 0.3) is 0 Å². The van der Waals surface area contributed by atoms with Gasteiger partial charge in [0.05, 0.1) is 55.8 Å². The van der Waals surface area contributed by atoms with Gasteiger partial charge in [-0.25, -0.2) is 0 Å². The number of esters is 1. The molecule has 18 heteroatoms. The highest BCUT2D eigenvalue weighted by molar-refractivity contribution is 5.91. The Bertz CT molecular complexity index is 1930. The SMILES string of the molecule is CC[C@H]1OC(=O)C[C@@H](O)[C@H](C)[C@@H](O[C@@H]2O[C@H](C)[C@@H](O)C(N(C)C)C2O)[C@@H](CCn2cc(-c3ccc(N(C)C)cc3)nn2)C[C@@H](C)C(=O)/C=C/C(C)=C/[C@@H]1CO[C@@H]1OC(C)[C@@H](O)[C@H](OC)C1OC. The Morgan fingerprint density at radius 2 is 1.51 bits per heavy atom.